The molecule has 120 valence electrons. The fourth-order valence-electron chi connectivity index (χ4n) is 2.19. The summed E-state index contributed by atoms with van der Waals surface area (Å²) in [7, 11) is 0. The maximum absolute atomic E-state index is 11.9. The first kappa shape index (κ1) is 17.0. The molecule has 0 aromatic heterocycles. The van der Waals surface area contributed by atoms with Crippen LogP contribution in [-0.4, -0.2) is 25.2 Å². The molecule has 2 aromatic carbocycles. The van der Waals surface area contributed by atoms with Gasteiger partial charge in [-0.3, -0.25) is 4.79 Å². The third kappa shape index (κ3) is 4.83. The minimum atomic E-state index is -0.266. The molecule has 0 saturated heterocycles. The molecule has 5 heteroatoms. The lowest BCUT2D eigenvalue weighted by Gasteiger charge is -2.20. The highest BCUT2D eigenvalue weighted by Crippen LogP contribution is 2.14. The van der Waals surface area contributed by atoms with Crippen LogP contribution in [-0.2, 0) is 0 Å². The van der Waals surface area contributed by atoms with E-state index in [1.54, 1.807) is 30.5 Å². The normalized spacial score (nSPS) is 10.7. The van der Waals surface area contributed by atoms with E-state index in [9.17, 15) is 4.79 Å². The number of amides is 1. The molecule has 0 atom stereocenters. The van der Waals surface area contributed by atoms with Crippen molar-refractivity contribution in [1.82, 2.24) is 5.43 Å². The first-order chi connectivity index (χ1) is 11.1. The second kappa shape index (κ2) is 8.34. The molecule has 0 saturated carbocycles. The maximum atomic E-state index is 11.9. The van der Waals surface area contributed by atoms with Gasteiger partial charge in [-0.1, -0.05) is 23.7 Å². The highest BCUT2D eigenvalue weighted by Gasteiger charge is 2.03. The summed E-state index contributed by atoms with van der Waals surface area (Å²) in [6.07, 6.45) is 1.62. The number of benzene rings is 2. The van der Waals surface area contributed by atoms with Gasteiger partial charge in [0.05, 0.1) is 6.21 Å². The monoisotopic (exact) mass is 329 g/mol. The van der Waals surface area contributed by atoms with Crippen molar-refractivity contribution in [3.8, 4) is 0 Å². The molecule has 0 unspecified atom stereocenters. The molecule has 0 heterocycles. The van der Waals surface area contributed by atoms with Gasteiger partial charge in [0.1, 0.15) is 0 Å². The van der Waals surface area contributed by atoms with Crippen molar-refractivity contribution in [3.63, 3.8) is 0 Å². The van der Waals surface area contributed by atoms with Gasteiger partial charge in [0.25, 0.3) is 5.91 Å². The fourth-order valence-corrected chi connectivity index (χ4v) is 2.32. The van der Waals surface area contributed by atoms with Gasteiger partial charge in [-0.2, -0.15) is 5.10 Å². The van der Waals surface area contributed by atoms with Crippen LogP contribution in [0.25, 0.3) is 0 Å². The van der Waals surface area contributed by atoms with Gasteiger partial charge in [-0.15, -0.1) is 0 Å². The number of rotatable bonds is 6. The van der Waals surface area contributed by atoms with Gasteiger partial charge in [0, 0.05) is 29.4 Å². The van der Waals surface area contributed by atoms with E-state index < -0.39 is 0 Å². The maximum Gasteiger partial charge on any atom is 0.271 e. The Morgan fingerprint density at radius 3 is 2.26 bits per heavy atom. The van der Waals surface area contributed by atoms with Crippen LogP contribution in [0.1, 0.15) is 29.8 Å². The summed E-state index contributed by atoms with van der Waals surface area (Å²) in [5, 5.41) is 4.58. The number of carbonyl (C=O) groups excluding carboxylic acids is 1. The quantitative estimate of drug-likeness (QED) is 0.644. The minimum Gasteiger partial charge on any atom is -0.372 e. The van der Waals surface area contributed by atoms with E-state index in [0.29, 0.717) is 10.6 Å². The zero-order valence-corrected chi connectivity index (χ0v) is 14.0. The van der Waals surface area contributed by atoms with Crippen LogP contribution in [0.4, 0.5) is 5.69 Å². The zero-order chi connectivity index (χ0) is 16.7. The van der Waals surface area contributed by atoms with Crippen molar-refractivity contribution < 1.29 is 4.79 Å². The Morgan fingerprint density at radius 2 is 1.70 bits per heavy atom. The molecule has 0 bridgehead atoms. The average molecular weight is 330 g/mol. The van der Waals surface area contributed by atoms with Crippen molar-refractivity contribution in [1.29, 1.82) is 0 Å². The van der Waals surface area contributed by atoms with Crippen LogP contribution >= 0.6 is 11.6 Å². The molecule has 0 aliphatic carbocycles. The summed E-state index contributed by atoms with van der Waals surface area (Å²) in [5.41, 5.74) is 5.13. The number of hydrogen-bond acceptors (Lipinski definition) is 3. The summed E-state index contributed by atoms with van der Waals surface area (Å²) < 4.78 is 0. The number of nitrogens with one attached hydrogen (secondary N) is 1. The Kier molecular flexibility index (Phi) is 6.18. The van der Waals surface area contributed by atoms with Gasteiger partial charge < -0.3 is 4.90 Å². The largest absolute Gasteiger partial charge is 0.372 e. The predicted molar refractivity (Wildman–Crippen MR) is 96.5 cm³/mol. The average Bonchev–Trinajstić information content (AvgIpc) is 2.58. The number of hydrazone groups is 1. The van der Waals surface area contributed by atoms with E-state index in [1.807, 2.05) is 12.1 Å². The van der Waals surface area contributed by atoms with Crippen molar-refractivity contribution >= 4 is 29.4 Å². The summed E-state index contributed by atoms with van der Waals surface area (Å²) in [5.74, 6) is -0.266. The molecule has 2 aromatic rings. The van der Waals surface area contributed by atoms with Gasteiger partial charge >= 0.3 is 0 Å². The number of nitrogens with zero attached hydrogens (tertiary/aromatic N) is 2. The highest BCUT2D eigenvalue weighted by molar-refractivity contribution is 6.30. The summed E-state index contributed by atoms with van der Waals surface area (Å²) in [6.45, 7) is 6.21. The molecule has 0 aliphatic heterocycles. The Hall–Kier alpha value is -2.33. The number of carbonyl (C=O) groups is 1. The smallest absolute Gasteiger partial charge is 0.271 e. The number of anilines is 1. The van der Waals surface area contributed by atoms with Crippen LogP contribution < -0.4 is 10.3 Å². The summed E-state index contributed by atoms with van der Waals surface area (Å²) in [6, 6.07) is 14.7. The Morgan fingerprint density at radius 1 is 1.09 bits per heavy atom. The summed E-state index contributed by atoms with van der Waals surface area (Å²) >= 11 is 5.79. The third-order valence-electron chi connectivity index (χ3n) is 3.51. The molecule has 23 heavy (non-hydrogen) atoms. The molecular weight excluding hydrogens is 310 g/mol. The zero-order valence-electron chi connectivity index (χ0n) is 13.3. The van der Waals surface area contributed by atoms with E-state index >= 15 is 0 Å². The highest BCUT2D eigenvalue weighted by atomic mass is 35.5. The minimum absolute atomic E-state index is 0.266. The third-order valence-corrected chi connectivity index (χ3v) is 3.76. The molecule has 0 radical (unpaired) electrons. The number of hydrogen-bond donors (Lipinski definition) is 1. The molecule has 1 amide bonds. The standard InChI is InChI=1S/C18H20ClN3O/c1-3-22(4-2)17-11-5-14(6-12-17)13-20-21-18(23)15-7-9-16(19)10-8-15/h5-13H,3-4H2,1-2H3,(H,21,23)/b20-13-. The van der Waals surface area contributed by atoms with Crippen molar-refractivity contribution in [2.45, 2.75) is 13.8 Å². The lowest BCUT2D eigenvalue weighted by atomic mass is 10.2. The van der Waals surface area contributed by atoms with E-state index in [-0.39, 0.29) is 5.91 Å². The van der Waals surface area contributed by atoms with Crippen LogP contribution in [0.15, 0.2) is 53.6 Å². The molecule has 0 spiro atoms. The fraction of sp³-hybridized carbons (Fsp3) is 0.222. The van der Waals surface area contributed by atoms with Gasteiger partial charge in [0.2, 0.25) is 0 Å². The van der Waals surface area contributed by atoms with Gasteiger partial charge in [-0.25, -0.2) is 5.43 Å². The second-order valence-electron chi connectivity index (χ2n) is 4.97. The molecule has 0 fully saturated rings. The van der Waals surface area contributed by atoms with Gasteiger partial charge in [-0.05, 0) is 55.8 Å². The lowest BCUT2D eigenvalue weighted by Crippen LogP contribution is -2.21. The van der Waals surface area contributed by atoms with Crippen LogP contribution in [0, 0.1) is 0 Å². The van der Waals surface area contributed by atoms with Crippen molar-refractivity contribution in [2.24, 2.45) is 5.10 Å². The van der Waals surface area contributed by atoms with E-state index in [2.05, 4.69) is 41.4 Å². The second-order valence-corrected chi connectivity index (χ2v) is 5.41. The molecular formula is C18H20ClN3O. The molecule has 4 nitrogen and oxygen atoms in total. The Bertz CT molecular complexity index is 662. The lowest BCUT2D eigenvalue weighted by molar-refractivity contribution is 0.0955. The van der Waals surface area contributed by atoms with Crippen LogP contribution in [0.3, 0.4) is 0 Å². The topological polar surface area (TPSA) is 44.7 Å². The van der Waals surface area contributed by atoms with E-state index in [0.717, 1.165) is 18.7 Å². The van der Waals surface area contributed by atoms with Crippen molar-refractivity contribution in [2.75, 3.05) is 18.0 Å². The summed E-state index contributed by atoms with van der Waals surface area (Å²) in [4.78, 5) is 14.2. The van der Waals surface area contributed by atoms with E-state index in [1.165, 1.54) is 5.69 Å². The molecule has 1 N–H and O–H groups in total. The SMILES string of the molecule is CCN(CC)c1ccc(/C=N\NC(=O)c2ccc(Cl)cc2)cc1. The van der Waals surface area contributed by atoms with E-state index in [4.69, 9.17) is 11.6 Å². The van der Waals surface area contributed by atoms with Crippen molar-refractivity contribution in [3.05, 3.63) is 64.7 Å². The first-order valence-electron chi connectivity index (χ1n) is 7.58. The van der Waals surface area contributed by atoms with Crippen LogP contribution in [0.5, 0.6) is 0 Å². The Balaban J connectivity index is 1.95. The number of halogens is 1. The Labute approximate surface area is 141 Å². The molecule has 2 rings (SSSR count). The van der Waals surface area contributed by atoms with Gasteiger partial charge in [0.15, 0.2) is 0 Å². The predicted octanol–water partition coefficient (Wildman–Crippen LogP) is 3.95. The first-order valence-corrected chi connectivity index (χ1v) is 7.95. The molecule has 0 aliphatic rings. The van der Waals surface area contributed by atoms with Crippen LogP contribution in [0.2, 0.25) is 5.02 Å².